The van der Waals surface area contributed by atoms with Gasteiger partial charge in [-0.3, -0.25) is 0 Å². The van der Waals surface area contributed by atoms with Gasteiger partial charge in [0.25, 0.3) is 37.2 Å². The SMILES string of the molecule is ClP1(Cl)=NP(Cl)(Cl)=N[P@](Cl)(OCCCCCCO[P@@]2(Cl)=NP(Cl)(Cl)=NP(Cl)(Cl)=N2)=N1. The lowest BCUT2D eigenvalue weighted by Gasteiger charge is -2.21. The molecular formula is C6H12Cl10N6O2P6. The van der Waals surface area contributed by atoms with E-state index >= 15 is 0 Å². The molecule has 0 aromatic rings. The smallest absolute Gasteiger partial charge is 0.299 e. The Hall–Kier alpha value is 4.20. The van der Waals surface area contributed by atoms with Crippen LogP contribution < -0.4 is 0 Å². The average molecular weight is 741 g/mol. The molecule has 0 saturated heterocycles. The molecule has 2 atom stereocenters. The van der Waals surface area contributed by atoms with E-state index < -0.39 is 37.2 Å². The Morgan fingerprint density at radius 1 is 0.400 bits per heavy atom. The molecule has 0 radical (unpaired) electrons. The van der Waals surface area contributed by atoms with Crippen LogP contribution in [0.5, 0.6) is 0 Å². The number of hydrogen-bond donors (Lipinski definition) is 0. The van der Waals surface area contributed by atoms with E-state index in [4.69, 9.17) is 121 Å². The molecule has 2 aliphatic heterocycles. The summed E-state index contributed by atoms with van der Waals surface area (Å²) in [5.74, 6) is -12.4. The summed E-state index contributed by atoms with van der Waals surface area (Å²) in [6.45, 7) is -5.74. The summed E-state index contributed by atoms with van der Waals surface area (Å²) in [5, 5.41) is 0. The molecule has 0 aromatic heterocycles. The first-order chi connectivity index (χ1) is 13.4. The van der Waals surface area contributed by atoms with Crippen molar-refractivity contribution in [1.82, 2.24) is 0 Å². The fraction of sp³-hybridized carbons (Fsp3) is 1.00. The molecule has 2 rings (SSSR count). The van der Waals surface area contributed by atoms with Gasteiger partial charge in [-0.15, -0.1) is 0 Å². The van der Waals surface area contributed by atoms with E-state index in [9.17, 15) is 0 Å². The number of nitrogens with zero attached hydrogens (tertiary/aromatic N) is 6. The molecule has 24 heteroatoms. The van der Waals surface area contributed by atoms with Gasteiger partial charge >= 0.3 is 0 Å². The molecule has 0 amide bonds. The van der Waals surface area contributed by atoms with Crippen LogP contribution in [0.4, 0.5) is 0 Å². The summed E-state index contributed by atoms with van der Waals surface area (Å²) in [4.78, 5) is 0. The van der Waals surface area contributed by atoms with E-state index in [0.29, 0.717) is 12.8 Å². The molecule has 30 heavy (non-hydrogen) atoms. The van der Waals surface area contributed by atoms with Gasteiger partial charge in [-0.1, -0.05) is 12.8 Å². The minimum Gasteiger partial charge on any atom is -0.316 e. The van der Waals surface area contributed by atoms with Gasteiger partial charge in [0.1, 0.15) is 0 Å². The van der Waals surface area contributed by atoms with Gasteiger partial charge in [0.15, 0.2) is 0 Å². The summed E-state index contributed by atoms with van der Waals surface area (Å²) in [5.41, 5.74) is 0. The van der Waals surface area contributed by atoms with Crippen LogP contribution in [0.25, 0.3) is 0 Å². The van der Waals surface area contributed by atoms with Crippen LogP contribution in [0, 0.1) is 0 Å². The molecule has 0 aliphatic carbocycles. The Bertz CT molecular complexity index is 910. The Kier molecular flexibility index (Phi) is 11.9. The van der Waals surface area contributed by atoms with Gasteiger partial charge in [-0.25, -0.2) is 0 Å². The predicted molar refractivity (Wildman–Crippen MR) is 145 cm³/mol. The second-order valence-corrected chi connectivity index (χ2v) is 31.8. The molecule has 0 spiro atoms. The summed E-state index contributed by atoms with van der Waals surface area (Å²) >= 11 is 60.4. The summed E-state index contributed by atoms with van der Waals surface area (Å²) in [7, 11) is 0. The average Bonchev–Trinajstić information content (AvgIpc) is 2.42. The van der Waals surface area contributed by atoms with E-state index in [1.165, 1.54) is 0 Å². The fourth-order valence-corrected chi connectivity index (χ4v) is 35.1. The molecule has 8 nitrogen and oxygen atoms in total. The maximum Gasteiger partial charge on any atom is 0.299 e. The lowest BCUT2D eigenvalue weighted by atomic mass is 10.2. The quantitative estimate of drug-likeness (QED) is 0.174. The first-order valence-corrected chi connectivity index (χ1v) is 26.6. The standard InChI is InChI=1S/C6H12Cl10N6O2P6/c7-25(8)17-26(9,10)20-29(15,19-25)23-5-3-1-2-4-6-24-30(16)21-27(11,12)18-28(13,14)22-30/h1-6H2. The zero-order valence-corrected chi connectivity index (χ0v) is 27.1. The number of hydrogen-bond acceptors (Lipinski definition) is 8. The molecule has 2 aliphatic rings. The molecule has 0 bridgehead atoms. The Morgan fingerprint density at radius 2 is 0.700 bits per heavy atom. The van der Waals surface area contributed by atoms with Crippen molar-refractivity contribution in [3.63, 3.8) is 0 Å². The van der Waals surface area contributed by atoms with Crippen molar-refractivity contribution >= 4 is 150 Å². The predicted octanol–water partition coefficient (Wildman–Crippen LogP) is 14.7. The second-order valence-electron chi connectivity index (χ2n) is 5.39. The first kappa shape index (κ1) is 30.4. The molecule has 2 heterocycles. The summed E-state index contributed by atoms with van der Waals surface area (Å²) in [6, 6.07) is 0. The summed E-state index contributed by atoms with van der Waals surface area (Å²) < 4.78 is 34.8. The van der Waals surface area contributed by atoms with Crippen LogP contribution in [-0.2, 0) is 9.05 Å². The van der Waals surface area contributed by atoms with Gasteiger partial charge < -0.3 is 9.05 Å². The number of halogens is 10. The lowest BCUT2D eigenvalue weighted by molar-refractivity contribution is 0.318. The highest BCUT2D eigenvalue weighted by Gasteiger charge is 2.34. The van der Waals surface area contributed by atoms with Gasteiger partial charge in [0.2, 0.25) is 0 Å². The third kappa shape index (κ3) is 11.1. The largest absolute Gasteiger partial charge is 0.316 e. The highest BCUT2D eigenvalue weighted by molar-refractivity contribution is 8.23. The van der Waals surface area contributed by atoms with Gasteiger partial charge in [-0.2, -0.15) is 27.1 Å². The normalized spacial score (nSPS) is 33.0. The molecule has 0 N–H and O–H groups in total. The van der Waals surface area contributed by atoms with E-state index in [0.717, 1.165) is 12.8 Å². The van der Waals surface area contributed by atoms with Crippen LogP contribution in [-0.4, -0.2) is 13.2 Å². The molecular weight excluding hydrogens is 728 g/mol. The minimum absolute atomic E-state index is 0.266. The van der Waals surface area contributed by atoms with Crippen molar-refractivity contribution in [3.8, 4) is 0 Å². The number of rotatable bonds is 9. The monoisotopic (exact) mass is 736 g/mol. The molecule has 0 aromatic carbocycles. The Morgan fingerprint density at radius 3 is 1.00 bits per heavy atom. The van der Waals surface area contributed by atoms with Crippen molar-refractivity contribution in [2.24, 2.45) is 27.1 Å². The summed E-state index contributed by atoms with van der Waals surface area (Å²) in [6.07, 6.45) is 2.90. The Balaban J connectivity index is 1.75. The van der Waals surface area contributed by atoms with Gasteiger partial charge in [-0.05, 0) is 125 Å². The zero-order chi connectivity index (χ0) is 22.9. The van der Waals surface area contributed by atoms with Crippen LogP contribution in [0.1, 0.15) is 25.7 Å². The lowest BCUT2D eigenvalue weighted by Crippen LogP contribution is -1.93. The minimum atomic E-state index is -3.14. The second kappa shape index (κ2) is 11.7. The van der Waals surface area contributed by atoms with Crippen LogP contribution >= 0.6 is 150 Å². The van der Waals surface area contributed by atoms with Crippen LogP contribution in [0.2, 0.25) is 0 Å². The topological polar surface area (TPSA) is 92.6 Å². The van der Waals surface area contributed by atoms with Crippen molar-refractivity contribution in [2.45, 2.75) is 25.7 Å². The first-order valence-electron chi connectivity index (χ1n) is 7.53. The number of unbranched alkanes of at least 4 members (excludes halogenated alkanes) is 3. The highest BCUT2D eigenvalue weighted by atomic mass is 35.9. The van der Waals surface area contributed by atoms with E-state index in [2.05, 4.69) is 27.1 Å². The van der Waals surface area contributed by atoms with Gasteiger partial charge in [0.05, 0.1) is 13.2 Å². The van der Waals surface area contributed by atoms with Gasteiger partial charge in [0, 0.05) is 0 Å². The molecule has 0 fully saturated rings. The Labute approximate surface area is 222 Å². The van der Waals surface area contributed by atoms with Crippen LogP contribution in [0.3, 0.4) is 0 Å². The van der Waals surface area contributed by atoms with E-state index in [1.807, 2.05) is 0 Å². The van der Waals surface area contributed by atoms with E-state index in [1.54, 1.807) is 0 Å². The van der Waals surface area contributed by atoms with Crippen molar-refractivity contribution in [3.05, 3.63) is 0 Å². The molecule has 0 saturated carbocycles. The molecule has 0 unspecified atom stereocenters. The maximum absolute atomic E-state index is 6.27. The maximum atomic E-state index is 6.27. The zero-order valence-electron chi connectivity index (χ0n) is 14.2. The van der Waals surface area contributed by atoms with Crippen molar-refractivity contribution in [2.75, 3.05) is 13.2 Å². The van der Waals surface area contributed by atoms with Crippen molar-refractivity contribution in [1.29, 1.82) is 0 Å². The third-order valence-electron chi connectivity index (χ3n) is 2.85. The van der Waals surface area contributed by atoms with Crippen molar-refractivity contribution < 1.29 is 9.05 Å². The van der Waals surface area contributed by atoms with Crippen LogP contribution in [0.15, 0.2) is 27.1 Å². The van der Waals surface area contributed by atoms with E-state index in [-0.39, 0.29) is 13.2 Å². The highest BCUT2D eigenvalue weighted by Crippen LogP contribution is 2.87. The fourth-order valence-electron chi connectivity index (χ4n) is 1.92. The molecule has 178 valence electrons. The third-order valence-corrected chi connectivity index (χ3v) is 27.0.